The molecule has 0 aliphatic carbocycles. The minimum Gasteiger partial charge on any atom is -0.357 e. The van der Waals surface area contributed by atoms with Crippen molar-refractivity contribution in [3.8, 4) is 0 Å². The molecule has 0 fully saturated rings. The standard InChI is InChI=1S/C13H10Cl2N2OS2/c14-9-4-8(5-10(15)6-9)12(18)17-13(19)16-7-11-2-1-3-20-11/h1-6H,7H2,(H2,16,17,18,19). The highest BCUT2D eigenvalue weighted by Crippen LogP contribution is 2.18. The van der Waals surface area contributed by atoms with Crippen molar-refractivity contribution in [3.63, 3.8) is 0 Å². The van der Waals surface area contributed by atoms with Gasteiger partial charge in [-0.1, -0.05) is 29.3 Å². The first-order valence-electron chi connectivity index (χ1n) is 5.62. The summed E-state index contributed by atoms with van der Waals surface area (Å²) in [4.78, 5) is 13.1. The molecule has 0 aliphatic heterocycles. The van der Waals surface area contributed by atoms with E-state index in [0.29, 0.717) is 22.2 Å². The molecule has 1 aromatic heterocycles. The second-order valence-electron chi connectivity index (χ2n) is 3.87. The zero-order chi connectivity index (χ0) is 14.5. The Labute approximate surface area is 135 Å². The molecule has 0 saturated heterocycles. The molecule has 0 atom stereocenters. The number of hydrogen-bond acceptors (Lipinski definition) is 3. The number of thiophene rings is 1. The van der Waals surface area contributed by atoms with Crippen molar-refractivity contribution >= 4 is 57.8 Å². The summed E-state index contributed by atoms with van der Waals surface area (Å²) in [6, 6.07) is 8.57. The molecule has 0 bridgehead atoms. The molecular weight excluding hydrogens is 335 g/mol. The van der Waals surface area contributed by atoms with Crippen LogP contribution in [-0.4, -0.2) is 11.0 Å². The van der Waals surface area contributed by atoms with Crippen molar-refractivity contribution in [1.29, 1.82) is 0 Å². The third-order valence-electron chi connectivity index (χ3n) is 2.36. The molecule has 0 saturated carbocycles. The number of hydrogen-bond donors (Lipinski definition) is 2. The Kier molecular flexibility index (Phi) is 5.37. The summed E-state index contributed by atoms with van der Waals surface area (Å²) in [7, 11) is 0. The Morgan fingerprint density at radius 3 is 2.55 bits per heavy atom. The van der Waals surface area contributed by atoms with Crippen molar-refractivity contribution in [2.45, 2.75) is 6.54 Å². The van der Waals surface area contributed by atoms with Gasteiger partial charge in [0.15, 0.2) is 5.11 Å². The summed E-state index contributed by atoms with van der Waals surface area (Å²) in [6.07, 6.45) is 0. The van der Waals surface area contributed by atoms with E-state index in [1.807, 2.05) is 17.5 Å². The SMILES string of the molecule is O=C(NC(=S)NCc1cccs1)c1cc(Cl)cc(Cl)c1. The zero-order valence-corrected chi connectivity index (χ0v) is 13.3. The molecule has 2 aromatic rings. The molecular formula is C13H10Cl2N2OS2. The maximum absolute atomic E-state index is 12.0. The maximum Gasteiger partial charge on any atom is 0.257 e. The van der Waals surface area contributed by atoms with E-state index >= 15 is 0 Å². The summed E-state index contributed by atoms with van der Waals surface area (Å²) in [5.74, 6) is -0.349. The van der Waals surface area contributed by atoms with Gasteiger partial charge in [0.1, 0.15) is 0 Å². The van der Waals surface area contributed by atoms with Gasteiger partial charge in [-0.25, -0.2) is 0 Å². The van der Waals surface area contributed by atoms with Crippen LogP contribution in [0.1, 0.15) is 15.2 Å². The van der Waals surface area contributed by atoms with Crippen LogP contribution in [0.25, 0.3) is 0 Å². The summed E-state index contributed by atoms with van der Waals surface area (Å²) in [5, 5.41) is 8.59. The number of rotatable bonds is 3. The van der Waals surface area contributed by atoms with Crippen LogP contribution in [0.4, 0.5) is 0 Å². The second-order valence-corrected chi connectivity index (χ2v) is 6.19. The lowest BCUT2D eigenvalue weighted by atomic mass is 10.2. The number of carbonyl (C=O) groups is 1. The van der Waals surface area contributed by atoms with Gasteiger partial charge in [0.2, 0.25) is 0 Å². The first kappa shape index (κ1) is 15.3. The van der Waals surface area contributed by atoms with E-state index in [1.165, 1.54) is 12.1 Å². The van der Waals surface area contributed by atoms with Crippen LogP contribution in [0.5, 0.6) is 0 Å². The summed E-state index contributed by atoms with van der Waals surface area (Å²) >= 11 is 18.4. The fourth-order valence-corrected chi connectivity index (χ4v) is 2.82. The van der Waals surface area contributed by atoms with Gasteiger partial charge in [-0.05, 0) is 41.9 Å². The number of carbonyl (C=O) groups excluding carboxylic acids is 1. The lowest BCUT2D eigenvalue weighted by Gasteiger charge is -2.09. The van der Waals surface area contributed by atoms with Gasteiger partial charge in [-0.3, -0.25) is 10.1 Å². The topological polar surface area (TPSA) is 41.1 Å². The molecule has 0 aliphatic rings. The third-order valence-corrected chi connectivity index (χ3v) is 3.91. The minimum atomic E-state index is -0.349. The quantitative estimate of drug-likeness (QED) is 0.830. The Hall–Kier alpha value is -1.14. The van der Waals surface area contributed by atoms with E-state index in [1.54, 1.807) is 17.4 Å². The first-order valence-corrected chi connectivity index (χ1v) is 7.66. The van der Waals surface area contributed by atoms with E-state index < -0.39 is 0 Å². The zero-order valence-electron chi connectivity index (χ0n) is 10.2. The van der Waals surface area contributed by atoms with Crippen molar-refractivity contribution in [1.82, 2.24) is 10.6 Å². The average Bonchev–Trinajstić information content (AvgIpc) is 2.88. The van der Waals surface area contributed by atoms with Crippen LogP contribution >= 0.6 is 46.8 Å². The predicted octanol–water partition coefficient (Wildman–Crippen LogP) is 3.86. The smallest absolute Gasteiger partial charge is 0.257 e. The average molecular weight is 345 g/mol. The molecule has 1 aromatic carbocycles. The number of benzene rings is 1. The van der Waals surface area contributed by atoms with Crippen molar-refractivity contribution in [2.75, 3.05) is 0 Å². The largest absolute Gasteiger partial charge is 0.357 e. The highest BCUT2D eigenvalue weighted by molar-refractivity contribution is 7.80. The van der Waals surface area contributed by atoms with Crippen LogP contribution in [0.15, 0.2) is 35.7 Å². The number of amides is 1. The van der Waals surface area contributed by atoms with Gasteiger partial charge in [-0.15, -0.1) is 11.3 Å². The lowest BCUT2D eigenvalue weighted by Crippen LogP contribution is -2.38. The van der Waals surface area contributed by atoms with Crippen LogP contribution in [0.3, 0.4) is 0 Å². The number of halogens is 2. The van der Waals surface area contributed by atoms with Crippen molar-refractivity contribution < 1.29 is 4.79 Å². The fraction of sp³-hybridized carbons (Fsp3) is 0.0769. The Balaban J connectivity index is 1.91. The van der Waals surface area contributed by atoms with E-state index in [-0.39, 0.29) is 11.0 Å². The minimum absolute atomic E-state index is 0.263. The molecule has 1 heterocycles. The van der Waals surface area contributed by atoms with Gasteiger partial charge < -0.3 is 5.32 Å². The molecule has 3 nitrogen and oxygen atoms in total. The second kappa shape index (κ2) is 7.04. The number of nitrogens with one attached hydrogen (secondary N) is 2. The maximum atomic E-state index is 12.0. The van der Waals surface area contributed by atoms with Gasteiger partial charge >= 0.3 is 0 Å². The van der Waals surface area contributed by atoms with Gasteiger partial charge in [0.05, 0.1) is 6.54 Å². The highest BCUT2D eigenvalue weighted by atomic mass is 35.5. The monoisotopic (exact) mass is 344 g/mol. The molecule has 2 N–H and O–H groups in total. The normalized spacial score (nSPS) is 10.1. The van der Waals surface area contributed by atoms with Gasteiger partial charge in [0, 0.05) is 20.5 Å². The molecule has 1 amide bonds. The predicted molar refractivity (Wildman–Crippen MR) is 87.7 cm³/mol. The van der Waals surface area contributed by atoms with Gasteiger partial charge in [0.25, 0.3) is 5.91 Å². The molecule has 104 valence electrons. The van der Waals surface area contributed by atoms with Crippen LogP contribution in [-0.2, 0) is 6.54 Å². The molecule has 20 heavy (non-hydrogen) atoms. The third kappa shape index (κ3) is 4.45. The summed E-state index contributed by atoms with van der Waals surface area (Å²) in [5.41, 5.74) is 0.364. The first-order chi connectivity index (χ1) is 9.54. The molecule has 0 radical (unpaired) electrons. The van der Waals surface area contributed by atoms with Crippen molar-refractivity contribution in [3.05, 3.63) is 56.2 Å². The van der Waals surface area contributed by atoms with E-state index in [2.05, 4.69) is 10.6 Å². The summed E-state index contributed by atoms with van der Waals surface area (Å²) < 4.78 is 0. The van der Waals surface area contributed by atoms with E-state index in [4.69, 9.17) is 35.4 Å². The Morgan fingerprint density at radius 1 is 1.25 bits per heavy atom. The highest BCUT2D eigenvalue weighted by Gasteiger charge is 2.09. The molecule has 7 heteroatoms. The molecule has 0 spiro atoms. The van der Waals surface area contributed by atoms with Crippen LogP contribution in [0.2, 0.25) is 10.0 Å². The van der Waals surface area contributed by atoms with Gasteiger partial charge in [-0.2, -0.15) is 0 Å². The molecule has 0 unspecified atom stereocenters. The van der Waals surface area contributed by atoms with Crippen molar-refractivity contribution in [2.24, 2.45) is 0 Å². The Bertz CT molecular complexity index is 609. The number of thiocarbonyl (C=S) groups is 1. The van der Waals surface area contributed by atoms with Crippen LogP contribution < -0.4 is 10.6 Å². The van der Waals surface area contributed by atoms with Crippen LogP contribution in [0, 0.1) is 0 Å². The van der Waals surface area contributed by atoms with E-state index in [9.17, 15) is 4.79 Å². The lowest BCUT2D eigenvalue weighted by molar-refractivity contribution is 0.0976. The Morgan fingerprint density at radius 2 is 1.95 bits per heavy atom. The molecule has 2 rings (SSSR count). The fourth-order valence-electron chi connectivity index (χ4n) is 1.48. The van der Waals surface area contributed by atoms with E-state index in [0.717, 1.165) is 4.88 Å². The summed E-state index contributed by atoms with van der Waals surface area (Å²) in [6.45, 7) is 0.576.